The van der Waals surface area contributed by atoms with E-state index in [-0.39, 0.29) is 0 Å². The maximum Gasteiger partial charge on any atom is 0.139 e. The summed E-state index contributed by atoms with van der Waals surface area (Å²) >= 11 is 0. The number of nitrogens with two attached hydrogens (primary N) is 1. The third-order valence-corrected chi connectivity index (χ3v) is 1.78. The van der Waals surface area contributed by atoms with Gasteiger partial charge in [0, 0.05) is 6.42 Å². The van der Waals surface area contributed by atoms with Crippen LogP contribution in [-0.2, 0) is 0 Å². The van der Waals surface area contributed by atoms with E-state index in [1.807, 2.05) is 0 Å². The molecule has 3 heteroatoms. The van der Waals surface area contributed by atoms with E-state index in [1.54, 1.807) is 0 Å². The van der Waals surface area contributed by atoms with Gasteiger partial charge in [-0.05, 0) is 5.92 Å². The topological polar surface area (TPSA) is 58.6 Å². The highest BCUT2D eigenvalue weighted by Gasteiger charge is 2.04. The Hall–Kier alpha value is -0.730. The van der Waals surface area contributed by atoms with Gasteiger partial charge in [0.25, 0.3) is 0 Å². The summed E-state index contributed by atoms with van der Waals surface area (Å²) in [7, 11) is 0. The molecule has 0 spiro atoms. The molecule has 0 heterocycles. The normalized spacial score (nSPS) is 12.5. The quantitative estimate of drug-likeness (QED) is 0.272. The predicted octanol–water partition coefficient (Wildman–Crippen LogP) is 1.56. The van der Waals surface area contributed by atoms with Crippen molar-refractivity contribution in [2.75, 3.05) is 0 Å². The second kappa shape index (κ2) is 5.09. The molecular weight excluding hydrogens is 128 g/mol. The minimum absolute atomic E-state index is 0.341. The second-order valence-corrected chi connectivity index (χ2v) is 2.48. The van der Waals surface area contributed by atoms with Crippen molar-refractivity contribution in [1.29, 1.82) is 0 Å². The van der Waals surface area contributed by atoms with Crippen LogP contribution in [0.5, 0.6) is 0 Å². The summed E-state index contributed by atoms with van der Waals surface area (Å²) in [4.78, 5) is 0. The lowest BCUT2D eigenvalue weighted by molar-refractivity contribution is 0.314. The molecule has 0 aromatic rings. The number of oxime groups is 1. The fourth-order valence-corrected chi connectivity index (χ4v) is 0.914. The van der Waals surface area contributed by atoms with Crippen molar-refractivity contribution in [1.82, 2.24) is 0 Å². The highest BCUT2D eigenvalue weighted by molar-refractivity contribution is 5.79. The second-order valence-electron chi connectivity index (χ2n) is 2.48. The lowest BCUT2D eigenvalue weighted by atomic mass is 9.99. The van der Waals surface area contributed by atoms with Crippen LogP contribution < -0.4 is 5.73 Å². The van der Waals surface area contributed by atoms with Crippen LogP contribution in [0.1, 0.15) is 33.1 Å². The third kappa shape index (κ3) is 3.33. The summed E-state index contributed by atoms with van der Waals surface area (Å²) in [6.07, 6.45) is 2.89. The fourth-order valence-electron chi connectivity index (χ4n) is 0.914. The minimum atomic E-state index is 0.341. The molecular formula is C7H16N2O. The van der Waals surface area contributed by atoms with Gasteiger partial charge in [-0.1, -0.05) is 31.8 Å². The highest BCUT2D eigenvalue weighted by atomic mass is 16.4. The Kier molecular flexibility index (Phi) is 4.72. The molecule has 0 rings (SSSR count). The van der Waals surface area contributed by atoms with Crippen molar-refractivity contribution in [3.63, 3.8) is 0 Å². The summed E-state index contributed by atoms with van der Waals surface area (Å²) in [5.74, 6) is 0.907. The number of amidine groups is 1. The van der Waals surface area contributed by atoms with E-state index in [1.165, 1.54) is 0 Å². The van der Waals surface area contributed by atoms with Crippen molar-refractivity contribution in [3.8, 4) is 0 Å². The molecule has 10 heavy (non-hydrogen) atoms. The van der Waals surface area contributed by atoms with Gasteiger partial charge >= 0.3 is 0 Å². The van der Waals surface area contributed by atoms with E-state index in [4.69, 9.17) is 10.9 Å². The van der Waals surface area contributed by atoms with Gasteiger partial charge in [-0.25, -0.2) is 0 Å². The van der Waals surface area contributed by atoms with Crippen LogP contribution in [0.2, 0.25) is 0 Å². The standard InChI is InChI=1S/C7H16N2O/c1-3-6(4-2)5-7(8)9-10/h6,10H,3-5H2,1-2H3,(H2,8,9). The van der Waals surface area contributed by atoms with E-state index in [2.05, 4.69) is 19.0 Å². The molecule has 0 saturated carbocycles. The fraction of sp³-hybridized carbons (Fsp3) is 0.857. The first kappa shape index (κ1) is 9.27. The Balaban J connectivity index is 3.63. The zero-order valence-corrected chi connectivity index (χ0v) is 6.67. The SMILES string of the molecule is CCC(CC)CC(N)=NO. The Morgan fingerprint density at radius 2 is 2.00 bits per heavy atom. The highest BCUT2D eigenvalue weighted by Crippen LogP contribution is 2.11. The van der Waals surface area contributed by atoms with Crippen molar-refractivity contribution in [2.24, 2.45) is 16.8 Å². The smallest absolute Gasteiger partial charge is 0.139 e. The monoisotopic (exact) mass is 144 g/mol. The van der Waals surface area contributed by atoms with Crippen LogP contribution in [0.15, 0.2) is 5.16 Å². The van der Waals surface area contributed by atoms with Crippen molar-refractivity contribution in [2.45, 2.75) is 33.1 Å². The molecule has 0 unspecified atom stereocenters. The molecule has 0 amide bonds. The lowest BCUT2D eigenvalue weighted by Gasteiger charge is -2.09. The molecule has 0 aliphatic heterocycles. The lowest BCUT2D eigenvalue weighted by Crippen LogP contribution is -2.16. The molecule has 0 fully saturated rings. The average Bonchev–Trinajstić information content (AvgIpc) is 1.99. The van der Waals surface area contributed by atoms with Gasteiger partial charge in [0.15, 0.2) is 0 Å². The van der Waals surface area contributed by atoms with Gasteiger partial charge in [0.1, 0.15) is 5.84 Å². The van der Waals surface area contributed by atoms with Gasteiger partial charge in [-0.15, -0.1) is 0 Å². The largest absolute Gasteiger partial charge is 0.409 e. The van der Waals surface area contributed by atoms with E-state index < -0.39 is 0 Å². The van der Waals surface area contributed by atoms with E-state index >= 15 is 0 Å². The van der Waals surface area contributed by atoms with Crippen molar-refractivity contribution in [3.05, 3.63) is 0 Å². The Bertz CT molecular complexity index is 108. The molecule has 0 aliphatic rings. The first-order chi connectivity index (χ1) is 4.74. The number of rotatable bonds is 4. The molecule has 60 valence electrons. The number of hydrogen-bond acceptors (Lipinski definition) is 2. The van der Waals surface area contributed by atoms with Crippen LogP contribution >= 0.6 is 0 Å². The molecule has 0 aromatic heterocycles. The minimum Gasteiger partial charge on any atom is -0.409 e. The third-order valence-electron chi connectivity index (χ3n) is 1.78. The van der Waals surface area contributed by atoms with Crippen LogP contribution in [0.25, 0.3) is 0 Å². The summed E-state index contributed by atoms with van der Waals surface area (Å²) < 4.78 is 0. The summed E-state index contributed by atoms with van der Waals surface area (Å²) in [6, 6.07) is 0. The molecule has 0 radical (unpaired) electrons. The maximum absolute atomic E-state index is 8.24. The van der Waals surface area contributed by atoms with E-state index in [0.29, 0.717) is 18.2 Å². The van der Waals surface area contributed by atoms with Gasteiger partial charge in [0.05, 0.1) is 0 Å². The molecule has 0 aliphatic carbocycles. The molecule has 0 bridgehead atoms. The molecule has 0 atom stereocenters. The van der Waals surface area contributed by atoms with E-state index in [9.17, 15) is 0 Å². The zero-order valence-electron chi connectivity index (χ0n) is 6.67. The average molecular weight is 144 g/mol. The van der Waals surface area contributed by atoms with Crippen LogP contribution in [-0.4, -0.2) is 11.0 Å². The molecule has 0 aromatic carbocycles. The van der Waals surface area contributed by atoms with E-state index in [0.717, 1.165) is 12.8 Å². The predicted molar refractivity (Wildman–Crippen MR) is 42.1 cm³/mol. The molecule has 3 N–H and O–H groups in total. The Morgan fingerprint density at radius 3 is 2.30 bits per heavy atom. The summed E-state index contributed by atoms with van der Waals surface area (Å²) in [6.45, 7) is 4.22. The summed E-state index contributed by atoms with van der Waals surface area (Å²) in [5, 5.41) is 11.2. The number of nitrogens with zero attached hydrogens (tertiary/aromatic N) is 1. The Morgan fingerprint density at radius 1 is 1.50 bits per heavy atom. The van der Waals surface area contributed by atoms with Crippen molar-refractivity contribution >= 4 is 5.84 Å². The number of hydrogen-bond donors (Lipinski definition) is 2. The summed E-state index contributed by atoms with van der Waals surface area (Å²) in [5.41, 5.74) is 5.32. The first-order valence-corrected chi connectivity index (χ1v) is 3.70. The van der Waals surface area contributed by atoms with Gasteiger partial charge in [-0.2, -0.15) is 0 Å². The first-order valence-electron chi connectivity index (χ1n) is 3.70. The van der Waals surface area contributed by atoms with Gasteiger partial charge in [0.2, 0.25) is 0 Å². The van der Waals surface area contributed by atoms with Crippen LogP contribution in [0.4, 0.5) is 0 Å². The van der Waals surface area contributed by atoms with Gasteiger partial charge in [-0.3, -0.25) is 0 Å². The van der Waals surface area contributed by atoms with Crippen LogP contribution in [0.3, 0.4) is 0 Å². The maximum atomic E-state index is 8.24. The molecule has 3 nitrogen and oxygen atoms in total. The van der Waals surface area contributed by atoms with Crippen LogP contribution in [0, 0.1) is 5.92 Å². The van der Waals surface area contributed by atoms with Gasteiger partial charge < -0.3 is 10.9 Å². The Labute approximate surface area is 61.9 Å². The zero-order chi connectivity index (χ0) is 7.98. The molecule has 0 saturated heterocycles. The van der Waals surface area contributed by atoms with Crippen molar-refractivity contribution < 1.29 is 5.21 Å².